The molecule has 0 atom stereocenters. The lowest BCUT2D eigenvalue weighted by Crippen LogP contribution is -2.49. The molecule has 1 saturated heterocycles. The number of hydrogen-bond acceptors (Lipinski definition) is 4. The highest BCUT2D eigenvalue weighted by Gasteiger charge is 2.35. The number of fused-ring (bicyclic) bond motifs is 1. The summed E-state index contributed by atoms with van der Waals surface area (Å²) in [5.41, 5.74) is 1.45. The number of hydrogen-bond donors (Lipinski definition) is 1. The van der Waals surface area contributed by atoms with Gasteiger partial charge in [-0.15, -0.1) is 0 Å². The maximum atomic E-state index is 12.8. The van der Waals surface area contributed by atoms with E-state index in [-0.39, 0.29) is 30.4 Å². The van der Waals surface area contributed by atoms with Crippen molar-refractivity contribution in [2.45, 2.75) is 18.3 Å². The molecule has 0 unspecified atom stereocenters. The SMILES string of the molecule is O=C(CN1C(=O)COc2cc(Br)ccc21)NCC1(c2cccc(Cl)c2)CCOCC1. The monoisotopic (exact) mass is 492 g/mol. The van der Waals surface area contributed by atoms with Crippen LogP contribution in [0.5, 0.6) is 5.75 Å². The number of amides is 2. The normalized spacial score (nSPS) is 17.8. The summed E-state index contributed by atoms with van der Waals surface area (Å²) in [5, 5.41) is 3.71. The first-order valence-corrected chi connectivity index (χ1v) is 11.0. The molecule has 1 N–H and O–H groups in total. The summed E-state index contributed by atoms with van der Waals surface area (Å²) < 4.78 is 11.9. The van der Waals surface area contributed by atoms with Crippen molar-refractivity contribution in [3.63, 3.8) is 0 Å². The minimum absolute atomic E-state index is 0.0566. The number of benzene rings is 2. The Labute approximate surface area is 188 Å². The van der Waals surface area contributed by atoms with Gasteiger partial charge in [0.15, 0.2) is 6.61 Å². The number of nitrogens with zero attached hydrogens (tertiary/aromatic N) is 1. The van der Waals surface area contributed by atoms with Gasteiger partial charge in [0.1, 0.15) is 12.3 Å². The molecule has 0 aromatic heterocycles. The molecule has 30 heavy (non-hydrogen) atoms. The average molecular weight is 494 g/mol. The Morgan fingerprint density at radius 2 is 2.00 bits per heavy atom. The number of carbonyl (C=O) groups excluding carboxylic acids is 2. The van der Waals surface area contributed by atoms with Crippen molar-refractivity contribution >= 4 is 45.0 Å². The van der Waals surface area contributed by atoms with Gasteiger partial charge in [-0.25, -0.2) is 0 Å². The zero-order chi connectivity index (χ0) is 21.1. The number of halogens is 2. The Hall–Kier alpha value is -2.09. The zero-order valence-electron chi connectivity index (χ0n) is 16.3. The standard InChI is InChI=1S/C22H22BrClN2O4/c23-16-4-5-18-19(11-16)30-13-21(28)26(18)12-20(27)25-14-22(6-8-29-9-7-22)15-2-1-3-17(24)10-15/h1-5,10-11H,6-9,12-14H2,(H,25,27). The van der Waals surface area contributed by atoms with Crippen LogP contribution in [-0.2, 0) is 19.7 Å². The maximum absolute atomic E-state index is 12.8. The second-order valence-electron chi connectivity index (χ2n) is 7.56. The van der Waals surface area contributed by atoms with Crippen molar-refractivity contribution in [2.75, 3.05) is 37.8 Å². The number of carbonyl (C=O) groups is 2. The van der Waals surface area contributed by atoms with Gasteiger partial charge in [0.2, 0.25) is 5.91 Å². The Morgan fingerprint density at radius 1 is 1.20 bits per heavy atom. The summed E-state index contributed by atoms with van der Waals surface area (Å²) in [4.78, 5) is 26.7. The summed E-state index contributed by atoms with van der Waals surface area (Å²) in [6, 6.07) is 13.2. The number of ether oxygens (including phenoxy) is 2. The summed E-state index contributed by atoms with van der Waals surface area (Å²) in [7, 11) is 0. The zero-order valence-corrected chi connectivity index (χ0v) is 18.7. The van der Waals surface area contributed by atoms with Crippen molar-refractivity contribution in [1.29, 1.82) is 0 Å². The molecular weight excluding hydrogens is 472 g/mol. The molecule has 0 aliphatic carbocycles. The molecule has 0 radical (unpaired) electrons. The molecule has 2 aliphatic heterocycles. The van der Waals surface area contributed by atoms with Crippen molar-refractivity contribution in [1.82, 2.24) is 5.32 Å². The predicted octanol–water partition coefficient (Wildman–Crippen LogP) is 3.69. The molecule has 0 bridgehead atoms. The van der Waals surface area contributed by atoms with E-state index in [1.165, 1.54) is 4.90 Å². The fourth-order valence-corrected chi connectivity index (χ4v) is 4.50. The van der Waals surface area contributed by atoms with Crippen LogP contribution in [0, 0.1) is 0 Å². The van der Waals surface area contributed by atoms with E-state index in [0.29, 0.717) is 36.2 Å². The van der Waals surface area contributed by atoms with Crippen molar-refractivity contribution in [3.8, 4) is 5.75 Å². The highest BCUT2D eigenvalue weighted by atomic mass is 79.9. The highest BCUT2D eigenvalue weighted by Crippen LogP contribution is 2.36. The molecule has 2 aromatic rings. The lowest BCUT2D eigenvalue weighted by atomic mass is 9.74. The van der Waals surface area contributed by atoms with Crippen molar-refractivity contribution < 1.29 is 19.1 Å². The van der Waals surface area contributed by atoms with E-state index in [1.54, 1.807) is 12.1 Å². The number of anilines is 1. The maximum Gasteiger partial charge on any atom is 0.265 e. The van der Waals surface area contributed by atoms with Crippen LogP contribution >= 0.6 is 27.5 Å². The van der Waals surface area contributed by atoms with Crippen LogP contribution in [0.2, 0.25) is 5.02 Å². The Morgan fingerprint density at radius 3 is 2.77 bits per heavy atom. The van der Waals surface area contributed by atoms with Gasteiger partial charge < -0.3 is 14.8 Å². The molecule has 158 valence electrons. The summed E-state index contributed by atoms with van der Waals surface area (Å²) in [6.07, 6.45) is 1.59. The summed E-state index contributed by atoms with van der Waals surface area (Å²) >= 11 is 9.61. The average Bonchev–Trinajstić information content (AvgIpc) is 2.75. The Bertz CT molecular complexity index is 962. The van der Waals surface area contributed by atoms with Crippen LogP contribution in [0.25, 0.3) is 0 Å². The van der Waals surface area contributed by atoms with E-state index in [4.69, 9.17) is 21.1 Å². The van der Waals surface area contributed by atoms with Crippen LogP contribution in [0.15, 0.2) is 46.9 Å². The highest BCUT2D eigenvalue weighted by molar-refractivity contribution is 9.10. The Balaban J connectivity index is 1.48. The van der Waals surface area contributed by atoms with Gasteiger partial charge in [0.25, 0.3) is 5.91 Å². The number of rotatable bonds is 5. The van der Waals surface area contributed by atoms with E-state index in [2.05, 4.69) is 21.2 Å². The quantitative estimate of drug-likeness (QED) is 0.690. The fraction of sp³-hybridized carbons (Fsp3) is 0.364. The topological polar surface area (TPSA) is 67.9 Å². The molecule has 2 heterocycles. The largest absolute Gasteiger partial charge is 0.482 e. The second kappa shape index (κ2) is 8.96. The van der Waals surface area contributed by atoms with E-state index < -0.39 is 0 Å². The predicted molar refractivity (Wildman–Crippen MR) is 118 cm³/mol. The molecule has 6 nitrogen and oxygen atoms in total. The molecule has 8 heteroatoms. The van der Waals surface area contributed by atoms with Gasteiger partial charge in [0.05, 0.1) is 5.69 Å². The number of nitrogens with one attached hydrogen (secondary N) is 1. The minimum Gasteiger partial charge on any atom is -0.482 e. The van der Waals surface area contributed by atoms with Crippen LogP contribution in [0.4, 0.5) is 5.69 Å². The van der Waals surface area contributed by atoms with Gasteiger partial charge in [-0.3, -0.25) is 14.5 Å². The summed E-state index contributed by atoms with van der Waals surface area (Å²) in [5.74, 6) is 0.124. The van der Waals surface area contributed by atoms with Gasteiger partial charge in [-0.1, -0.05) is 39.7 Å². The molecule has 2 aromatic carbocycles. The van der Waals surface area contributed by atoms with E-state index in [9.17, 15) is 9.59 Å². The molecular formula is C22H22BrClN2O4. The summed E-state index contributed by atoms with van der Waals surface area (Å²) in [6.45, 7) is 1.58. The van der Waals surface area contributed by atoms with Crippen molar-refractivity contribution in [3.05, 3.63) is 57.5 Å². The van der Waals surface area contributed by atoms with E-state index in [0.717, 1.165) is 22.9 Å². The smallest absolute Gasteiger partial charge is 0.265 e. The van der Waals surface area contributed by atoms with Crippen molar-refractivity contribution in [2.24, 2.45) is 0 Å². The van der Waals surface area contributed by atoms with E-state index >= 15 is 0 Å². The second-order valence-corrected chi connectivity index (χ2v) is 8.91. The van der Waals surface area contributed by atoms with E-state index in [1.807, 2.05) is 30.3 Å². The molecule has 4 rings (SSSR count). The molecule has 2 aliphatic rings. The lowest BCUT2D eigenvalue weighted by Gasteiger charge is -2.38. The fourth-order valence-electron chi connectivity index (χ4n) is 3.97. The molecule has 0 spiro atoms. The lowest BCUT2D eigenvalue weighted by molar-refractivity contribution is -0.125. The van der Waals surface area contributed by atoms with Gasteiger partial charge in [-0.05, 0) is 48.7 Å². The van der Waals surface area contributed by atoms with Crippen LogP contribution in [-0.4, -0.2) is 44.7 Å². The van der Waals surface area contributed by atoms with Gasteiger partial charge in [0, 0.05) is 34.7 Å². The third-order valence-electron chi connectivity index (χ3n) is 5.68. The van der Waals surface area contributed by atoms with Crippen LogP contribution in [0.1, 0.15) is 18.4 Å². The van der Waals surface area contributed by atoms with Gasteiger partial charge in [-0.2, -0.15) is 0 Å². The first kappa shape index (κ1) is 21.2. The van der Waals surface area contributed by atoms with Crippen LogP contribution < -0.4 is 15.0 Å². The first-order valence-electron chi connectivity index (χ1n) is 9.80. The molecule has 0 saturated carbocycles. The first-order chi connectivity index (χ1) is 14.5. The van der Waals surface area contributed by atoms with Crippen LogP contribution in [0.3, 0.4) is 0 Å². The Kier molecular flexibility index (Phi) is 6.32. The molecule has 1 fully saturated rings. The third kappa shape index (κ3) is 4.48. The molecule has 2 amide bonds. The van der Waals surface area contributed by atoms with Gasteiger partial charge >= 0.3 is 0 Å². The third-order valence-corrected chi connectivity index (χ3v) is 6.41. The minimum atomic E-state index is -0.240.